The van der Waals surface area contributed by atoms with Gasteiger partial charge in [0.15, 0.2) is 17.3 Å². The van der Waals surface area contributed by atoms with E-state index in [1.807, 2.05) is 0 Å². The number of aromatic amines is 1. The zero-order chi connectivity index (χ0) is 28.6. The first-order valence-electron chi connectivity index (χ1n) is 12.9. The van der Waals surface area contributed by atoms with Crippen LogP contribution in [0.5, 0.6) is 0 Å². The van der Waals surface area contributed by atoms with Crippen molar-refractivity contribution in [2.45, 2.75) is 49.9 Å². The second-order valence-electron chi connectivity index (χ2n) is 10.1. The van der Waals surface area contributed by atoms with Gasteiger partial charge in [-0.1, -0.05) is 12.1 Å². The summed E-state index contributed by atoms with van der Waals surface area (Å²) >= 11 is 0. The Bertz CT molecular complexity index is 1470. The third kappa shape index (κ3) is 7.01. The summed E-state index contributed by atoms with van der Waals surface area (Å²) in [4.78, 5) is 47.5. The number of fused-ring (bicyclic) bond motifs is 1. The predicted octanol–water partition coefficient (Wildman–Crippen LogP) is 3.31. The second-order valence-corrected chi connectivity index (χ2v) is 10.1. The smallest absolute Gasteiger partial charge is 0.331 e. The van der Waals surface area contributed by atoms with Crippen molar-refractivity contribution < 1.29 is 31.5 Å². The Morgan fingerprint density at radius 3 is 2.49 bits per heavy atom. The van der Waals surface area contributed by atoms with Crippen LogP contribution in [0.2, 0.25) is 0 Å². The van der Waals surface area contributed by atoms with Gasteiger partial charge in [-0.05, 0) is 49.4 Å². The van der Waals surface area contributed by atoms with Gasteiger partial charge in [0.1, 0.15) is 12.6 Å². The second kappa shape index (κ2) is 12.9. The zero-order valence-electron chi connectivity index (χ0n) is 22.3. The molecule has 2 fully saturated rings. The van der Waals surface area contributed by atoms with E-state index in [9.17, 15) is 36.3 Å². The molecule has 0 unspecified atom stereocenters. The van der Waals surface area contributed by atoms with Crippen molar-refractivity contribution in [1.29, 1.82) is 0 Å². The number of imidazole rings is 1. The molecule has 0 spiro atoms. The number of piperidine rings is 1. The molecule has 4 heterocycles. The number of H-pyrrole nitrogens is 1. The summed E-state index contributed by atoms with van der Waals surface area (Å²) in [5, 5.41) is 2.56. The first kappa shape index (κ1) is 31.6. The zero-order valence-corrected chi connectivity index (χ0v) is 25.4. The van der Waals surface area contributed by atoms with Gasteiger partial charge in [0.05, 0.1) is 5.52 Å². The number of hydrogen-bond donors (Lipinski definition) is 2. The molecule has 9 nitrogen and oxygen atoms in total. The van der Waals surface area contributed by atoms with E-state index in [0.29, 0.717) is 28.9 Å². The number of carbonyl (C=O) groups excluding carboxylic acids is 2. The van der Waals surface area contributed by atoms with Crippen molar-refractivity contribution in [3.05, 3.63) is 64.2 Å². The topological polar surface area (TPSA) is 103 Å². The Morgan fingerprint density at radius 2 is 1.78 bits per heavy atom. The first-order valence-corrected chi connectivity index (χ1v) is 12.9. The van der Waals surface area contributed by atoms with Crippen molar-refractivity contribution in [2.75, 3.05) is 26.2 Å². The fourth-order valence-electron chi connectivity index (χ4n) is 5.63. The van der Waals surface area contributed by atoms with E-state index < -0.39 is 54.8 Å². The molecule has 5 rings (SSSR count). The van der Waals surface area contributed by atoms with Crippen molar-refractivity contribution in [2.24, 2.45) is 0 Å². The number of carbonyl (C=O) groups is 2. The van der Waals surface area contributed by atoms with Gasteiger partial charge in [-0.3, -0.25) is 14.3 Å². The molecule has 0 aliphatic carbocycles. The number of halogens is 5. The van der Waals surface area contributed by atoms with Crippen molar-refractivity contribution in [3.63, 3.8) is 0 Å². The molecule has 2 aliphatic heterocycles. The van der Waals surface area contributed by atoms with Gasteiger partial charge < -0.3 is 15.1 Å². The minimum atomic E-state index is -4.72. The number of hydrogen-bond acceptors (Lipinski definition) is 4. The van der Waals surface area contributed by atoms with Crippen LogP contribution >= 0.6 is 0 Å². The van der Waals surface area contributed by atoms with Gasteiger partial charge in [0.2, 0.25) is 5.91 Å². The number of nitrogens with one attached hydrogen (secondary N) is 2. The maximum absolute atomic E-state index is 14.5. The van der Waals surface area contributed by atoms with Crippen LogP contribution in [0, 0.1) is 11.6 Å². The van der Waals surface area contributed by atoms with E-state index in [0.717, 1.165) is 6.07 Å². The number of rotatable bonds is 4. The summed E-state index contributed by atoms with van der Waals surface area (Å²) in [5.41, 5.74) is 0.680. The Hall–Kier alpha value is -2.33. The van der Waals surface area contributed by atoms with Crippen molar-refractivity contribution >= 4 is 74.5 Å². The summed E-state index contributed by atoms with van der Waals surface area (Å²) in [6.07, 6.45) is -2.27. The van der Waals surface area contributed by atoms with E-state index in [4.69, 9.17) is 0 Å². The number of benzene rings is 1. The fourth-order valence-corrected chi connectivity index (χ4v) is 5.63. The Balaban J connectivity index is 0.00000387. The monoisotopic (exact) mass is 605 g/mol. The van der Waals surface area contributed by atoms with Crippen LogP contribution in [-0.2, 0) is 4.79 Å². The summed E-state index contributed by atoms with van der Waals surface area (Å²) < 4.78 is 69.9. The Kier molecular flexibility index (Phi) is 9.94. The maximum Gasteiger partial charge on any atom is 0.406 e. The quantitative estimate of drug-likeness (QED) is 0.352. The maximum atomic E-state index is 14.5. The molecule has 2 atom stereocenters. The average molecular weight is 606 g/mol. The number of aromatic nitrogens is 3. The van der Waals surface area contributed by atoms with E-state index in [2.05, 4.69) is 15.3 Å². The molecule has 2 N–H and O–H groups in total. The minimum Gasteiger partial charge on any atom is -0.331 e. The Morgan fingerprint density at radius 1 is 1.05 bits per heavy atom. The molecule has 3 aromatic rings. The number of urea groups is 1. The number of nitrogens with zero attached hydrogens (tertiary/aromatic N) is 4. The number of pyridine rings is 1. The van der Waals surface area contributed by atoms with E-state index >= 15 is 0 Å². The average Bonchev–Trinajstić information content (AvgIpc) is 3.18. The molecule has 2 aromatic heterocycles. The van der Waals surface area contributed by atoms with Gasteiger partial charge in [-0.25, -0.2) is 23.4 Å². The predicted molar refractivity (Wildman–Crippen MR) is 139 cm³/mol. The minimum absolute atomic E-state index is 0. The van der Waals surface area contributed by atoms with Gasteiger partial charge in [-0.2, -0.15) is 13.2 Å². The van der Waals surface area contributed by atoms with Gasteiger partial charge in [0, 0.05) is 89.2 Å². The SMILES string of the molecule is O=C(N[C@@H]1CC[C@@H](c2cccc(F)c2F)CN(CC(F)(F)F)C1=O)N1CCC(n2c(=O)[nH]c3ncccc32)CC1.[K]. The van der Waals surface area contributed by atoms with Crippen LogP contribution in [0.25, 0.3) is 11.2 Å². The van der Waals surface area contributed by atoms with E-state index in [1.165, 1.54) is 17.0 Å². The molecule has 0 saturated carbocycles. The molecule has 2 aliphatic rings. The Labute approximate surface area is 273 Å². The fraction of sp³-hybridized carbons (Fsp3) is 0.462. The van der Waals surface area contributed by atoms with Crippen molar-refractivity contribution in [3.8, 4) is 0 Å². The van der Waals surface area contributed by atoms with Crippen LogP contribution in [0.3, 0.4) is 0 Å². The summed E-state index contributed by atoms with van der Waals surface area (Å²) in [5.74, 6) is -4.11. The molecule has 41 heavy (non-hydrogen) atoms. The molecule has 215 valence electrons. The molecule has 3 amide bonds. The van der Waals surface area contributed by atoms with Crippen LogP contribution in [0.1, 0.15) is 43.2 Å². The van der Waals surface area contributed by atoms with Crippen LogP contribution in [-0.4, -0.2) is 126 Å². The largest absolute Gasteiger partial charge is 0.406 e. The number of amides is 3. The van der Waals surface area contributed by atoms with Gasteiger partial charge >= 0.3 is 17.9 Å². The van der Waals surface area contributed by atoms with Gasteiger partial charge in [0.25, 0.3) is 0 Å². The summed E-state index contributed by atoms with van der Waals surface area (Å²) in [6, 6.07) is 4.87. The van der Waals surface area contributed by atoms with E-state index in [1.54, 1.807) is 22.9 Å². The van der Waals surface area contributed by atoms with Crippen LogP contribution in [0.15, 0.2) is 41.3 Å². The normalized spacial score (nSPS) is 20.6. The standard InChI is InChI=1S/C26H27F5N6O3.K/c27-18-4-1-3-17(21(18)28)15-6-7-19(23(38)36(13-15)14-26(29,30)31)33-24(39)35-11-8-16(9-12-35)37-20-5-2-10-32-22(20)34-25(37)40;/h1-5,10,15-16,19H,6-9,11-14H2,(H,33,39)(H,32,34,40);/t15-,19-;/m1./s1. The van der Waals surface area contributed by atoms with Crippen molar-refractivity contribution in [1.82, 2.24) is 29.7 Å². The molecule has 1 radical (unpaired) electrons. The molecule has 2 saturated heterocycles. The molecule has 0 bridgehead atoms. The molecule has 15 heteroatoms. The third-order valence-electron chi connectivity index (χ3n) is 7.55. The summed E-state index contributed by atoms with van der Waals surface area (Å²) in [7, 11) is 0. The van der Waals surface area contributed by atoms with Crippen LogP contribution < -0.4 is 11.0 Å². The number of likely N-dealkylation sites (tertiary alicyclic amines) is 2. The van der Waals surface area contributed by atoms with Gasteiger partial charge in [-0.15, -0.1) is 0 Å². The summed E-state index contributed by atoms with van der Waals surface area (Å²) in [6.45, 7) is -1.55. The first-order chi connectivity index (χ1) is 19.0. The molecular weight excluding hydrogens is 578 g/mol. The molecule has 1 aromatic carbocycles. The molecular formula is C26H27F5KN6O3. The third-order valence-corrected chi connectivity index (χ3v) is 7.55. The van der Waals surface area contributed by atoms with E-state index in [-0.39, 0.29) is 94.6 Å². The number of alkyl halides is 3. The van der Waals surface area contributed by atoms with Crippen LogP contribution in [0.4, 0.5) is 26.7 Å².